The Morgan fingerprint density at radius 3 is 2.39 bits per heavy atom. The quantitative estimate of drug-likeness (QED) is 0.650. The molecule has 1 unspecified atom stereocenters. The molecule has 0 N–H and O–H groups in total. The fourth-order valence-electron chi connectivity index (χ4n) is 2.21. The van der Waals surface area contributed by atoms with Crippen LogP contribution in [0.1, 0.15) is 70.6 Å². The molecule has 18 heavy (non-hydrogen) atoms. The minimum absolute atomic E-state index is 0.219. The summed E-state index contributed by atoms with van der Waals surface area (Å²) in [6, 6.07) is 6.97. The van der Waals surface area contributed by atoms with E-state index in [1.54, 1.807) is 0 Å². The highest BCUT2D eigenvalue weighted by molar-refractivity contribution is 5.37. The maximum absolute atomic E-state index is 3.21. The molecular weight excluding hydrogens is 216 g/mol. The molecule has 0 nitrogen and oxygen atoms in total. The first-order valence-corrected chi connectivity index (χ1v) is 6.93. The van der Waals surface area contributed by atoms with Crippen LogP contribution in [-0.2, 0) is 11.8 Å². The summed E-state index contributed by atoms with van der Waals surface area (Å²) in [4.78, 5) is 0. The van der Waals surface area contributed by atoms with Gasteiger partial charge in [-0.3, -0.25) is 0 Å². The van der Waals surface area contributed by atoms with Crippen molar-refractivity contribution in [3.05, 3.63) is 34.9 Å². The van der Waals surface area contributed by atoms with Gasteiger partial charge in [-0.15, -0.1) is 11.8 Å². The van der Waals surface area contributed by atoms with Gasteiger partial charge in [0.25, 0.3) is 0 Å². The molecule has 0 amide bonds. The fourth-order valence-corrected chi connectivity index (χ4v) is 2.21. The molecule has 1 aromatic carbocycles. The van der Waals surface area contributed by atoms with Crippen LogP contribution >= 0.6 is 0 Å². The highest BCUT2D eigenvalue weighted by Crippen LogP contribution is 2.29. The van der Waals surface area contributed by atoms with Gasteiger partial charge in [-0.2, -0.15) is 0 Å². The third-order valence-electron chi connectivity index (χ3n) is 3.51. The lowest BCUT2D eigenvalue weighted by atomic mass is 9.82. The van der Waals surface area contributed by atoms with Crippen LogP contribution in [0, 0.1) is 11.8 Å². The van der Waals surface area contributed by atoms with E-state index >= 15 is 0 Å². The molecule has 0 spiro atoms. The van der Waals surface area contributed by atoms with Crippen molar-refractivity contribution in [2.24, 2.45) is 0 Å². The number of benzene rings is 1. The Morgan fingerprint density at radius 2 is 1.89 bits per heavy atom. The molecule has 1 aromatic rings. The van der Waals surface area contributed by atoms with Gasteiger partial charge in [-0.1, -0.05) is 52.8 Å². The van der Waals surface area contributed by atoms with Gasteiger partial charge in [0.1, 0.15) is 0 Å². The second-order valence-corrected chi connectivity index (χ2v) is 6.05. The number of rotatable bonds is 3. The zero-order valence-electron chi connectivity index (χ0n) is 12.7. The second kappa shape index (κ2) is 6.10. The molecule has 0 aromatic heterocycles. The van der Waals surface area contributed by atoms with Crippen molar-refractivity contribution in [2.75, 3.05) is 0 Å². The number of hydrogen-bond acceptors (Lipinski definition) is 0. The van der Waals surface area contributed by atoms with Crippen molar-refractivity contribution < 1.29 is 0 Å². The monoisotopic (exact) mass is 242 g/mol. The summed E-state index contributed by atoms with van der Waals surface area (Å²) in [5.74, 6) is 6.73. The lowest BCUT2D eigenvalue weighted by Crippen LogP contribution is -2.12. The average molecular weight is 242 g/mol. The molecule has 0 heterocycles. The van der Waals surface area contributed by atoms with Crippen molar-refractivity contribution in [2.45, 2.75) is 65.7 Å². The van der Waals surface area contributed by atoms with Crippen LogP contribution in [0.25, 0.3) is 0 Å². The van der Waals surface area contributed by atoms with Crippen molar-refractivity contribution in [1.82, 2.24) is 0 Å². The van der Waals surface area contributed by atoms with Gasteiger partial charge in [0.05, 0.1) is 0 Å². The molecule has 0 heteroatoms. The first kappa shape index (κ1) is 14.8. The van der Waals surface area contributed by atoms with Gasteiger partial charge < -0.3 is 0 Å². The first-order chi connectivity index (χ1) is 8.40. The third kappa shape index (κ3) is 3.64. The summed E-state index contributed by atoms with van der Waals surface area (Å²) in [5.41, 5.74) is 4.59. The summed E-state index contributed by atoms with van der Waals surface area (Å²) in [6.07, 6.45) is 2.06. The largest absolute Gasteiger partial charge is 0.107 e. The number of hydrogen-bond donors (Lipinski definition) is 0. The zero-order chi connectivity index (χ0) is 13.8. The minimum atomic E-state index is 0.219. The Labute approximate surface area is 113 Å². The van der Waals surface area contributed by atoms with Crippen LogP contribution in [0.5, 0.6) is 0 Å². The van der Waals surface area contributed by atoms with E-state index < -0.39 is 0 Å². The van der Waals surface area contributed by atoms with Gasteiger partial charge in [0.2, 0.25) is 0 Å². The summed E-state index contributed by atoms with van der Waals surface area (Å²) in [5, 5.41) is 0. The maximum Gasteiger partial charge on any atom is 0.0155 e. The van der Waals surface area contributed by atoms with Crippen molar-refractivity contribution in [3.63, 3.8) is 0 Å². The molecule has 98 valence electrons. The number of aryl methyl sites for hydroxylation is 1. The normalized spacial score (nSPS) is 12.8. The van der Waals surface area contributed by atoms with E-state index in [2.05, 4.69) is 64.7 Å². The molecule has 0 saturated heterocycles. The van der Waals surface area contributed by atoms with E-state index in [0.717, 1.165) is 12.8 Å². The molecule has 0 bridgehead atoms. The molecule has 0 saturated carbocycles. The predicted molar refractivity (Wildman–Crippen MR) is 81.0 cm³/mol. The molecule has 0 aliphatic carbocycles. The molecule has 0 aliphatic heterocycles. The van der Waals surface area contributed by atoms with E-state index in [9.17, 15) is 0 Å². The average Bonchev–Trinajstić information content (AvgIpc) is 2.34. The van der Waals surface area contributed by atoms with Gasteiger partial charge in [0.15, 0.2) is 0 Å². The second-order valence-electron chi connectivity index (χ2n) is 6.05. The summed E-state index contributed by atoms with van der Waals surface area (Å²) in [6.45, 7) is 13.2. The van der Waals surface area contributed by atoms with Crippen LogP contribution in [0.15, 0.2) is 18.2 Å². The lowest BCUT2D eigenvalue weighted by molar-refractivity contribution is 0.587. The Balaban J connectivity index is 3.16. The summed E-state index contributed by atoms with van der Waals surface area (Å²) in [7, 11) is 0. The third-order valence-corrected chi connectivity index (χ3v) is 3.51. The summed E-state index contributed by atoms with van der Waals surface area (Å²) >= 11 is 0. The zero-order valence-corrected chi connectivity index (χ0v) is 12.7. The Kier molecular flexibility index (Phi) is 5.03. The first-order valence-electron chi connectivity index (χ1n) is 6.93. The maximum atomic E-state index is 3.21. The van der Waals surface area contributed by atoms with Crippen LogP contribution < -0.4 is 0 Å². The minimum Gasteiger partial charge on any atom is -0.107 e. The molecule has 0 aliphatic rings. The van der Waals surface area contributed by atoms with E-state index in [1.165, 1.54) is 16.7 Å². The topological polar surface area (TPSA) is 0 Å². The Bertz CT molecular complexity index is 449. The Morgan fingerprint density at radius 1 is 1.22 bits per heavy atom. The smallest absolute Gasteiger partial charge is 0.0155 e. The van der Waals surface area contributed by atoms with E-state index in [0.29, 0.717) is 5.92 Å². The van der Waals surface area contributed by atoms with Crippen molar-refractivity contribution >= 4 is 0 Å². The fraction of sp³-hybridized carbons (Fsp3) is 0.556. The predicted octanol–water partition coefficient (Wildman–Crippen LogP) is 5.06. The van der Waals surface area contributed by atoms with Crippen molar-refractivity contribution in [3.8, 4) is 11.8 Å². The van der Waals surface area contributed by atoms with Crippen LogP contribution in [0.2, 0.25) is 0 Å². The molecule has 0 radical (unpaired) electrons. The highest BCUT2D eigenvalue weighted by Gasteiger charge is 2.17. The lowest BCUT2D eigenvalue weighted by Gasteiger charge is -2.23. The van der Waals surface area contributed by atoms with E-state index in [1.807, 2.05) is 6.92 Å². The van der Waals surface area contributed by atoms with E-state index in [-0.39, 0.29) is 5.41 Å². The SMILES string of the molecule is CC#CCC(C)c1cc(C(C)(C)C)ccc1CC. The van der Waals surface area contributed by atoms with E-state index in [4.69, 9.17) is 0 Å². The van der Waals surface area contributed by atoms with Gasteiger partial charge in [-0.05, 0) is 41.4 Å². The molecular formula is C18H26. The molecule has 0 fully saturated rings. The van der Waals surface area contributed by atoms with Crippen molar-refractivity contribution in [1.29, 1.82) is 0 Å². The standard InChI is InChI=1S/C18H26/c1-7-9-10-14(3)17-13-16(18(4,5)6)12-11-15(17)8-2/h11-14H,8,10H2,1-6H3. The highest BCUT2D eigenvalue weighted by atomic mass is 14.2. The van der Waals surface area contributed by atoms with Crippen LogP contribution in [0.3, 0.4) is 0 Å². The van der Waals surface area contributed by atoms with Gasteiger partial charge in [-0.25, -0.2) is 0 Å². The molecule has 1 rings (SSSR count). The molecule has 1 atom stereocenters. The van der Waals surface area contributed by atoms with Crippen LogP contribution in [0.4, 0.5) is 0 Å². The summed E-state index contributed by atoms with van der Waals surface area (Å²) < 4.78 is 0. The van der Waals surface area contributed by atoms with Gasteiger partial charge >= 0.3 is 0 Å². The Hall–Kier alpha value is -1.22. The van der Waals surface area contributed by atoms with Gasteiger partial charge in [0, 0.05) is 6.42 Å². The van der Waals surface area contributed by atoms with Crippen LogP contribution in [-0.4, -0.2) is 0 Å².